The standard InChI is InChI=1S/C18H22BFN2O2/c1-17(2)18(3,4)24-19(23-17)15-14-6-5-11-22(14)21-16(15)12-7-9-13(20)10-8-12/h7-10H,5-6,11H2,1-4H3. The number of hydrogen-bond donors (Lipinski definition) is 0. The molecule has 0 N–H and O–H groups in total. The Labute approximate surface area is 142 Å². The van der Waals surface area contributed by atoms with Crippen LogP contribution in [0, 0.1) is 5.82 Å². The van der Waals surface area contributed by atoms with Gasteiger partial charge in [0.15, 0.2) is 0 Å². The molecule has 4 nitrogen and oxygen atoms in total. The molecule has 2 aliphatic rings. The molecule has 0 spiro atoms. The van der Waals surface area contributed by atoms with Gasteiger partial charge in [-0.3, -0.25) is 4.68 Å². The van der Waals surface area contributed by atoms with Gasteiger partial charge in [0.25, 0.3) is 0 Å². The summed E-state index contributed by atoms with van der Waals surface area (Å²) >= 11 is 0. The van der Waals surface area contributed by atoms with Gasteiger partial charge < -0.3 is 9.31 Å². The molecular weight excluding hydrogens is 306 g/mol. The summed E-state index contributed by atoms with van der Waals surface area (Å²) in [5, 5.41) is 4.76. The molecule has 0 radical (unpaired) electrons. The summed E-state index contributed by atoms with van der Waals surface area (Å²) in [5.41, 5.74) is 3.10. The Hall–Kier alpha value is -1.66. The molecule has 0 aliphatic carbocycles. The number of aryl methyl sites for hydroxylation is 1. The number of hydrogen-bond acceptors (Lipinski definition) is 3. The number of fused-ring (bicyclic) bond motifs is 1. The van der Waals surface area contributed by atoms with Crippen molar-refractivity contribution in [3.05, 3.63) is 35.8 Å². The molecule has 4 rings (SSSR count). The Morgan fingerprint density at radius 3 is 2.33 bits per heavy atom. The lowest BCUT2D eigenvalue weighted by molar-refractivity contribution is 0.00578. The van der Waals surface area contributed by atoms with E-state index < -0.39 is 18.3 Å². The first-order chi connectivity index (χ1) is 11.3. The smallest absolute Gasteiger partial charge is 0.399 e. The third-order valence-electron chi connectivity index (χ3n) is 5.49. The normalized spacial score (nSPS) is 21.3. The monoisotopic (exact) mass is 328 g/mol. The highest BCUT2D eigenvalue weighted by atomic mass is 19.1. The van der Waals surface area contributed by atoms with Gasteiger partial charge in [-0.05, 0) is 64.8 Å². The first kappa shape index (κ1) is 15.8. The van der Waals surface area contributed by atoms with E-state index in [1.165, 1.54) is 17.8 Å². The van der Waals surface area contributed by atoms with Crippen LogP contribution in [-0.4, -0.2) is 28.1 Å². The van der Waals surface area contributed by atoms with E-state index in [4.69, 9.17) is 14.4 Å². The minimum atomic E-state index is -0.447. The molecule has 126 valence electrons. The summed E-state index contributed by atoms with van der Waals surface area (Å²) in [6, 6.07) is 6.46. The van der Waals surface area contributed by atoms with Gasteiger partial charge in [-0.1, -0.05) is 0 Å². The van der Waals surface area contributed by atoms with E-state index in [1.54, 1.807) is 12.1 Å². The van der Waals surface area contributed by atoms with Gasteiger partial charge in [-0.25, -0.2) is 4.39 Å². The van der Waals surface area contributed by atoms with Crippen molar-refractivity contribution in [2.75, 3.05) is 0 Å². The van der Waals surface area contributed by atoms with Gasteiger partial charge in [0.2, 0.25) is 0 Å². The molecule has 1 fully saturated rings. The van der Waals surface area contributed by atoms with E-state index in [0.717, 1.165) is 36.1 Å². The maximum absolute atomic E-state index is 13.3. The van der Waals surface area contributed by atoms with Crippen LogP contribution in [0.5, 0.6) is 0 Å². The Kier molecular flexibility index (Phi) is 3.41. The van der Waals surface area contributed by atoms with Gasteiger partial charge in [0.1, 0.15) is 5.82 Å². The Bertz CT molecular complexity index is 767. The van der Waals surface area contributed by atoms with Crippen molar-refractivity contribution >= 4 is 12.6 Å². The Balaban J connectivity index is 1.82. The average Bonchev–Trinajstić information content (AvgIpc) is 3.11. The maximum Gasteiger partial charge on any atom is 0.499 e. The maximum atomic E-state index is 13.3. The molecular formula is C18H22BFN2O2. The van der Waals surface area contributed by atoms with Gasteiger partial charge in [0, 0.05) is 23.3 Å². The zero-order valence-corrected chi connectivity index (χ0v) is 14.6. The molecule has 2 aromatic rings. The lowest BCUT2D eigenvalue weighted by Crippen LogP contribution is -2.41. The molecule has 0 saturated carbocycles. The van der Waals surface area contributed by atoms with Crippen LogP contribution in [0.15, 0.2) is 24.3 Å². The fourth-order valence-electron chi connectivity index (χ4n) is 3.39. The predicted octanol–water partition coefficient (Wildman–Crippen LogP) is 2.93. The van der Waals surface area contributed by atoms with Crippen molar-refractivity contribution in [1.82, 2.24) is 9.78 Å². The summed E-state index contributed by atoms with van der Waals surface area (Å²) in [6.07, 6.45) is 2.05. The van der Waals surface area contributed by atoms with Crippen molar-refractivity contribution in [3.63, 3.8) is 0 Å². The zero-order valence-electron chi connectivity index (χ0n) is 14.6. The zero-order chi connectivity index (χ0) is 17.1. The van der Waals surface area contributed by atoms with Gasteiger partial charge in [0.05, 0.1) is 16.9 Å². The molecule has 3 heterocycles. The molecule has 0 bridgehead atoms. The molecule has 24 heavy (non-hydrogen) atoms. The molecule has 6 heteroatoms. The third-order valence-corrected chi connectivity index (χ3v) is 5.49. The lowest BCUT2D eigenvalue weighted by atomic mass is 9.75. The number of benzene rings is 1. The summed E-state index contributed by atoms with van der Waals surface area (Å²) in [6.45, 7) is 9.11. The quantitative estimate of drug-likeness (QED) is 0.796. The van der Waals surface area contributed by atoms with E-state index in [9.17, 15) is 4.39 Å². The molecule has 0 atom stereocenters. The highest BCUT2D eigenvalue weighted by Crippen LogP contribution is 2.38. The van der Waals surface area contributed by atoms with Crippen LogP contribution in [0.2, 0.25) is 0 Å². The molecule has 1 saturated heterocycles. The SMILES string of the molecule is CC1(C)OB(c2c(-c3ccc(F)cc3)nn3c2CCC3)OC1(C)C. The average molecular weight is 328 g/mol. The van der Waals surface area contributed by atoms with E-state index in [-0.39, 0.29) is 5.82 Å². The third kappa shape index (κ3) is 2.32. The topological polar surface area (TPSA) is 36.3 Å². The number of nitrogens with zero attached hydrogens (tertiary/aromatic N) is 2. The first-order valence-corrected chi connectivity index (χ1v) is 8.50. The summed E-state index contributed by atoms with van der Waals surface area (Å²) in [5.74, 6) is -0.248. The second-order valence-electron chi connectivity index (χ2n) is 7.63. The van der Waals surface area contributed by atoms with Gasteiger partial charge in [-0.15, -0.1) is 0 Å². The molecule has 2 aliphatic heterocycles. The summed E-state index contributed by atoms with van der Waals surface area (Å²) in [7, 11) is -0.447. The second kappa shape index (κ2) is 5.17. The van der Waals surface area contributed by atoms with E-state index in [0.29, 0.717) is 0 Å². The number of aromatic nitrogens is 2. The minimum absolute atomic E-state index is 0.248. The van der Waals surface area contributed by atoms with Crippen LogP contribution in [0.4, 0.5) is 4.39 Å². The largest absolute Gasteiger partial charge is 0.499 e. The fourth-order valence-corrected chi connectivity index (χ4v) is 3.39. The number of halogens is 1. The van der Waals surface area contributed by atoms with Crippen LogP contribution >= 0.6 is 0 Å². The van der Waals surface area contributed by atoms with Crippen LogP contribution in [0.1, 0.15) is 39.8 Å². The van der Waals surface area contributed by atoms with Gasteiger partial charge >= 0.3 is 7.12 Å². The highest BCUT2D eigenvalue weighted by molar-refractivity contribution is 6.64. The van der Waals surface area contributed by atoms with Crippen LogP contribution in [0.3, 0.4) is 0 Å². The molecule has 0 unspecified atom stereocenters. The summed E-state index contributed by atoms with van der Waals surface area (Å²) in [4.78, 5) is 0. The van der Waals surface area contributed by atoms with Crippen LogP contribution in [-0.2, 0) is 22.3 Å². The molecule has 1 aromatic heterocycles. The molecule has 1 aromatic carbocycles. The van der Waals surface area contributed by atoms with Crippen molar-refractivity contribution in [3.8, 4) is 11.3 Å². The van der Waals surface area contributed by atoms with Crippen molar-refractivity contribution < 1.29 is 13.7 Å². The van der Waals surface area contributed by atoms with E-state index in [1.807, 2.05) is 32.4 Å². The first-order valence-electron chi connectivity index (χ1n) is 8.50. The van der Waals surface area contributed by atoms with Crippen molar-refractivity contribution in [2.45, 2.75) is 58.3 Å². The minimum Gasteiger partial charge on any atom is -0.399 e. The van der Waals surface area contributed by atoms with Gasteiger partial charge in [-0.2, -0.15) is 5.10 Å². The van der Waals surface area contributed by atoms with E-state index >= 15 is 0 Å². The fraction of sp³-hybridized carbons (Fsp3) is 0.500. The second-order valence-corrected chi connectivity index (χ2v) is 7.63. The Morgan fingerprint density at radius 1 is 1.08 bits per heavy atom. The molecule has 0 amide bonds. The predicted molar refractivity (Wildman–Crippen MR) is 91.7 cm³/mol. The van der Waals surface area contributed by atoms with Crippen molar-refractivity contribution in [1.29, 1.82) is 0 Å². The summed E-state index contributed by atoms with van der Waals surface area (Å²) < 4.78 is 27.9. The van der Waals surface area contributed by atoms with Crippen LogP contribution < -0.4 is 5.46 Å². The highest BCUT2D eigenvalue weighted by Gasteiger charge is 2.53. The Morgan fingerprint density at radius 2 is 1.71 bits per heavy atom. The van der Waals surface area contributed by atoms with E-state index in [2.05, 4.69) is 0 Å². The lowest BCUT2D eigenvalue weighted by Gasteiger charge is -2.32. The van der Waals surface area contributed by atoms with Crippen molar-refractivity contribution in [2.24, 2.45) is 0 Å². The number of rotatable bonds is 2. The van der Waals surface area contributed by atoms with Crippen LogP contribution in [0.25, 0.3) is 11.3 Å².